The van der Waals surface area contributed by atoms with Crippen molar-refractivity contribution in [3.05, 3.63) is 77.5 Å². The quantitative estimate of drug-likeness (QED) is 0.621. The zero-order chi connectivity index (χ0) is 19.6. The lowest BCUT2D eigenvalue weighted by Crippen LogP contribution is -2.36. The summed E-state index contributed by atoms with van der Waals surface area (Å²) >= 11 is 0. The number of nitrogens with one attached hydrogen (secondary N) is 3. The molecule has 1 aromatic carbocycles. The second kappa shape index (κ2) is 10.8. The second-order valence-corrected chi connectivity index (χ2v) is 7.51. The highest BCUT2D eigenvalue weighted by molar-refractivity contribution is 5.23. The highest BCUT2D eigenvalue weighted by Gasteiger charge is 2.24. The van der Waals surface area contributed by atoms with Crippen LogP contribution in [0.3, 0.4) is 0 Å². The molecule has 1 heterocycles. The van der Waals surface area contributed by atoms with Crippen LogP contribution in [0.2, 0.25) is 0 Å². The molecule has 5 nitrogen and oxygen atoms in total. The van der Waals surface area contributed by atoms with Gasteiger partial charge in [-0.3, -0.25) is 4.90 Å². The maximum absolute atomic E-state index is 4.47. The van der Waals surface area contributed by atoms with Crippen molar-refractivity contribution in [3.63, 3.8) is 0 Å². The van der Waals surface area contributed by atoms with E-state index in [0.29, 0.717) is 6.04 Å². The van der Waals surface area contributed by atoms with Gasteiger partial charge < -0.3 is 15.6 Å². The molecule has 5 heteroatoms. The van der Waals surface area contributed by atoms with E-state index in [0.717, 1.165) is 31.9 Å². The summed E-state index contributed by atoms with van der Waals surface area (Å²) in [5, 5.41) is 6.28. The molecule has 150 valence electrons. The van der Waals surface area contributed by atoms with Crippen LogP contribution in [-0.2, 0) is 19.6 Å². The largest absolute Gasteiger partial charge is 0.394 e. The number of allylic oxidation sites excluding steroid dienone is 2. The first kappa shape index (κ1) is 20.4. The van der Waals surface area contributed by atoms with Crippen LogP contribution in [0.25, 0.3) is 0 Å². The van der Waals surface area contributed by atoms with Crippen LogP contribution in [0.5, 0.6) is 0 Å². The summed E-state index contributed by atoms with van der Waals surface area (Å²) in [7, 11) is 3.92. The maximum Gasteiger partial charge on any atom is 0.120 e. The van der Waals surface area contributed by atoms with Crippen LogP contribution in [0.15, 0.2) is 60.6 Å². The Morgan fingerprint density at radius 2 is 2.00 bits per heavy atom. The highest BCUT2D eigenvalue weighted by Crippen LogP contribution is 2.29. The van der Waals surface area contributed by atoms with Crippen molar-refractivity contribution >= 4 is 0 Å². The third-order valence-corrected chi connectivity index (χ3v) is 5.34. The summed E-state index contributed by atoms with van der Waals surface area (Å²) in [6.45, 7) is 2.72. The first-order chi connectivity index (χ1) is 13.8. The third-order valence-electron chi connectivity index (χ3n) is 5.34. The van der Waals surface area contributed by atoms with Crippen molar-refractivity contribution in [1.29, 1.82) is 0 Å². The van der Waals surface area contributed by atoms with Gasteiger partial charge in [0.1, 0.15) is 5.82 Å². The number of rotatable bonds is 9. The second-order valence-electron chi connectivity index (χ2n) is 7.51. The fourth-order valence-electron chi connectivity index (χ4n) is 3.91. The Morgan fingerprint density at radius 1 is 1.18 bits per heavy atom. The van der Waals surface area contributed by atoms with Crippen molar-refractivity contribution in [2.75, 3.05) is 14.1 Å². The van der Waals surface area contributed by atoms with E-state index in [1.165, 1.54) is 36.0 Å². The number of H-pyrrole nitrogens is 1. The summed E-state index contributed by atoms with van der Waals surface area (Å²) in [6.07, 6.45) is 15.0. The molecule has 0 spiro atoms. The van der Waals surface area contributed by atoms with Crippen molar-refractivity contribution in [3.8, 4) is 0 Å². The molecule has 3 rings (SSSR count). The molecule has 2 aromatic rings. The number of nitrogens with zero attached hydrogens (tertiary/aromatic N) is 2. The third kappa shape index (κ3) is 6.08. The molecule has 1 aliphatic carbocycles. The van der Waals surface area contributed by atoms with Crippen molar-refractivity contribution < 1.29 is 0 Å². The zero-order valence-corrected chi connectivity index (χ0v) is 17.1. The van der Waals surface area contributed by atoms with Gasteiger partial charge in [0.2, 0.25) is 0 Å². The first-order valence-electron chi connectivity index (χ1n) is 10.2. The molecule has 3 N–H and O–H groups in total. The molecule has 0 bridgehead atoms. The molecule has 1 saturated carbocycles. The predicted molar refractivity (Wildman–Crippen MR) is 116 cm³/mol. The van der Waals surface area contributed by atoms with Crippen LogP contribution < -0.4 is 10.6 Å². The number of benzene rings is 1. The molecule has 0 aliphatic heterocycles. The Kier molecular flexibility index (Phi) is 7.88. The Balaban J connectivity index is 1.72. The monoisotopic (exact) mass is 379 g/mol. The average Bonchev–Trinajstić information content (AvgIpc) is 3.23. The lowest BCUT2D eigenvalue weighted by Gasteiger charge is -2.35. The van der Waals surface area contributed by atoms with Gasteiger partial charge in [-0.2, -0.15) is 0 Å². The van der Waals surface area contributed by atoms with Crippen LogP contribution in [0, 0.1) is 0 Å². The molecule has 0 radical (unpaired) electrons. The number of aromatic amines is 1. The minimum atomic E-state index is 0.546. The van der Waals surface area contributed by atoms with Gasteiger partial charge in [0, 0.05) is 38.6 Å². The lowest BCUT2D eigenvalue weighted by molar-refractivity contribution is 0.151. The lowest BCUT2D eigenvalue weighted by atomic mass is 9.89. The van der Waals surface area contributed by atoms with Crippen molar-refractivity contribution in [2.45, 2.75) is 51.4 Å². The fourth-order valence-corrected chi connectivity index (χ4v) is 3.91. The topological polar surface area (TPSA) is 56.0 Å². The number of hydrogen-bond acceptors (Lipinski definition) is 4. The van der Waals surface area contributed by atoms with E-state index in [1.54, 1.807) is 0 Å². The molecule has 0 amide bonds. The van der Waals surface area contributed by atoms with Crippen molar-refractivity contribution in [1.82, 2.24) is 25.5 Å². The summed E-state index contributed by atoms with van der Waals surface area (Å²) < 4.78 is 0. The first-order valence-corrected chi connectivity index (χ1v) is 10.2. The van der Waals surface area contributed by atoms with E-state index in [4.69, 9.17) is 0 Å². The van der Waals surface area contributed by atoms with Gasteiger partial charge in [-0.25, -0.2) is 4.98 Å². The minimum absolute atomic E-state index is 0.546. The summed E-state index contributed by atoms with van der Waals surface area (Å²) in [4.78, 5) is 10.3. The Hall–Kier alpha value is -2.37. The van der Waals surface area contributed by atoms with Gasteiger partial charge in [0.15, 0.2) is 0 Å². The Labute approximate surface area is 169 Å². The van der Waals surface area contributed by atoms with Gasteiger partial charge in [-0.1, -0.05) is 35.9 Å². The van der Waals surface area contributed by atoms with Crippen LogP contribution in [-0.4, -0.2) is 35.0 Å². The Morgan fingerprint density at radius 3 is 2.71 bits per heavy atom. The number of hydrogen-bond donors (Lipinski definition) is 3. The molecule has 0 saturated heterocycles. The van der Waals surface area contributed by atoms with Crippen LogP contribution >= 0.6 is 0 Å². The van der Waals surface area contributed by atoms with E-state index < -0.39 is 0 Å². The fraction of sp³-hybridized carbons (Fsp3) is 0.435. The maximum atomic E-state index is 4.47. The zero-order valence-electron chi connectivity index (χ0n) is 17.1. The standard InChI is InChI=1S/C23H33N5/c1-24-12-4-6-19-5-3-7-22(15-19)28(18-23-26-13-14-27-23)17-21-10-8-20(9-11-21)16-25-2/h4,6,8-14,22,24-25H,3,5,7,15-18H2,1-2H3,(H,26,27)/b12-4-,19-6-. The molecular weight excluding hydrogens is 346 g/mol. The van der Waals surface area contributed by atoms with E-state index in [9.17, 15) is 0 Å². The van der Waals surface area contributed by atoms with Gasteiger partial charge in [0.25, 0.3) is 0 Å². The van der Waals surface area contributed by atoms with Gasteiger partial charge in [-0.15, -0.1) is 0 Å². The van der Waals surface area contributed by atoms with Gasteiger partial charge in [0.05, 0.1) is 6.54 Å². The molecule has 28 heavy (non-hydrogen) atoms. The van der Waals surface area contributed by atoms with Gasteiger partial charge >= 0.3 is 0 Å². The molecule has 1 atom stereocenters. The summed E-state index contributed by atoms with van der Waals surface area (Å²) in [5.41, 5.74) is 4.22. The normalized spacial score (nSPS) is 19.0. The molecule has 1 fully saturated rings. The average molecular weight is 380 g/mol. The predicted octanol–water partition coefficient (Wildman–Crippen LogP) is 3.73. The Bertz CT molecular complexity index is 746. The van der Waals surface area contributed by atoms with E-state index in [2.05, 4.69) is 61.9 Å². The summed E-state index contributed by atoms with van der Waals surface area (Å²) in [6, 6.07) is 9.52. The van der Waals surface area contributed by atoms with Crippen LogP contribution in [0.4, 0.5) is 0 Å². The smallest absolute Gasteiger partial charge is 0.120 e. The molecule has 1 aromatic heterocycles. The van der Waals surface area contributed by atoms with E-state index in [-0.39, 0.29) is 0 Å². The highest BCUT2D eigenvalue weighted by atomic mass is 15.2. The van der Waals surface area contributed by atoms with E-state index in [1.807, 2.05) is 32.7 Å². The molecule has 1 aliphatic rings. The van der Waals surface area contributed by atoms with Crippen LogP contribution in [0.1, 0.15) is 42.6 Å². The van der Waals surface area contributed by atoms with Gasteiger partial charge in [-0.05, 0) is 56.1 Å². The SMILES string of the molecule is CN/C=C\C=C1\CCCC(N(Cc2ccc(CNC)cc2)Cc2ncc[nH]2)C1. The summed E-state index contributed by atoms with van der Waals surface area (Å²) in [5.74, 6) is 1.04. The minimum Gasteiger partial charge on any atom is -0.394 e. The van der Waals surface area contributed by atoms with E-state index >= 15 is 0 Å². The molecule has 1 unspecified atom stereocenters. The number of aromatic nitrogens is 2. The number of imidazole rings is 1. The molecular formula is C23H33N5. The van der Waals surface area contributed by atoms with Crippen molar-refractivity contribution in [2.24, 2.45) is 0 Å².